The number of rotatable bonds is 12. The van der Waals surface area contributed by atoms with Crippen LogP contribution < -0.4 is 5.32 Å². The van der Waals surface area contributed by atoms with Crippen LogP contribution in [0.3, 0.4) is 0 Å². The number of unbranched alkanes of at least 4 members (excludes halogenated alkanes) is 4. The van der Waals surface area contributed by atoms with Crippen molar-refractivity contribution in [3.63, 3.8) is 0 Å². The molecule has 2 N–H and O–H groups in total. The van der Waals surface area contributed by atoms with Crippen molar-refractivity contribution in [1.29, 1.82) is 0 Å². The van der Waals surface area contributed by atoms with Gasteiger partial charge in [0.05, 0.1) is 0 Å². The Morgan fingerprint density at radius 2 is 1.48 bits per heavy atom. The Kier molecular flexibility index (Phi) is 9.53. The van der Waals surface area contributed by atoms with Crippen LogP contribution in [0.15, 0.2) is 60.7 Å². The monoisotopic (exact) mass is 426 g/mol. The molecule has 0 aliphatic carbocycles. The van der Waals surface area contributed by atoms with E-state index in [0.29, 0.717) is 17.7 Å². The maximum Gasteiger partial charge on any atom is 0.336 e. The van der Waals surface area contributed by atoms with Crippen molar-refractivity contribution in [3.8, 4) is 0 Å². The van der Waals surface area contributed by atoms with Gasteiger partial charge >= 0.3 is 12.0 Å². The summed E-state index contributed by atoms with van der Waals surface area (Å²) < 4.78 is 5.51. The second-order valence-corrected chi connectivity index (χ2v) is 7.66. The third kappa shape index (κ3) is 5.64. The van der Waals surface area contributed by atoms with Crippen LogP contribution in [0.1, 0.15) is 50.2 Å². The molecule has 1 atom stereocenters. The van der Waals surface area contributed by atoms with Crippen molar-refractivity contribution in [1.82, 2.24) is 10.2 Å². The van der Waals surface area contributed by atoms with E-state index in [9.17, 15) is 14.7 Å². The number of carboxylic acids is 1. The molecule has 2 aromatic carbocycles. The minimum atomic E-state index is -1.35. The number of hydrogen-bond donors (Lipinski definition) is 2. The molecule has 0 bridgehead atoms. The smallest absolute Gasteiger partial charge is 0.336 e. The van der Waals surface area contributed by atoms with Crippen molar-refractivity contribution in [3.05, 3.63) is 71.8 Å². The average Bonchev–Trinajstić information content (AvgIpc) is 2.80. The highest BCUT2D eigenvalue weighted by Gasteiger charge is 2.51. The van der Waals surface area contributed by atoms with Gasteiger partial charge < -0.3 is 20.1 Å². The van der Waals surface area contributed by atoms with E-state index in [1.807, 2.05) is 60.7 Å². The van der Waals surface area contributed by atoms with Crippen LogP contribution >= 0.6 is 0 Å². The Balaban J connectivity index is 2.45. The Morgan fingerprint density at radius 3 is 1.94 bits per heavy atom. The van der Waals surface area contributed by atoms with Crippen LogP contribution in [0.5, 0.6) is 0 Å². The van der Waals surface area contributed by atoms with Gasteiger partial charge in [-0.3, -0.25) is 0 Å². The van der Waals surface area contributed by atoms with Gasteiger partial charge in [-0.25, -0.2) is 9.59 Å². The Bertz CT molecular complexity index is 771. The van der Waals surface area contributed by atoms with Crippen LogP contribution in [0.25, 0.3) is 0 Å². The molecule has 2 rings (SSSR count). The highest BCUT2D eigenvalue weighted by molar-refractivity contribution is 5.81. The highest BCUT2D eigenvalue weighted by atomic mass is 16.5. The lowest BCUT2D eigenvalue weighted by Crippen LogP contribution is -2.60. The number of carboxylic acid groups (broad SMARTS) is 1. The SMILES string of the molecule is CCCCCCCNC(=O)N(C)C(c1ccccc1)(c1ccccc1)C(OC)C(=O)O. The molecule has 6 nitrogen and oxygen atoms in total. The van der Waals surface area contributed by atoms with Gasteiger partial charge in [0.15, 0.2) is 6.10 Å². The van der Waals surface area contributed by atoms with Gasteiger partial charge in [0.1, 0.15) is 5.54 Å². The molecule has 0 aliphatic rings. The standard InChI is InChI=1S/C25H34N2O4/c1-4-5-6-7-14-19-26-24(30)27(2)25(22(31-3)23(28)29,20-15-10-8-11-16-20)21-17-12-9-13-18-21/h8-13,15-18,22H,4-7,14,19H2,1-3H3,(H,26,30)(H,28,29). The lowest BCUT2D eigenvalue weighted by Gasteiger charge is -2.45. The van der Waals surface area contributed by atoms with Gasteiger partial charge in [-0.2, -0.15) is 0 Å². The zero-order valence-electron chi connectivity index (χ0n) is 18.7. The van der Waals surface area contributed by atoms with Crippen LogP contribution in [0.2, 0.25) is 0 Å². The summed E-state index contributed by atoms with van der Waals surface area (Å²) in [6.45, 7) is 2.70. The summed E-state index contributed by atoms with van der Waals surface area (Å²) in [6, 6.07) is 18.0. The summed E-state index contributed by atoms with van der Waals surface area (Å²) in [4.78, 5) is 27.0. The quantitative estimate of drug-likeness (QED) is 0.485. The van der Waals surface area contributed by atoms with E-state index in [1.54, 1.807) is 7.05 Å². The predicted molar refractivity (Wildman–Crippen MR) is 122 cm³/mol. The van der Waals surface area contributed by atoms with Crippen LogP contribution in [-0.2, 0) is 15.1 Å². The number of urea groups is 1. The van der Waals surface area contributed by atoms with E-state index in [4.69, 9.17) is 4.74 Å². The fourth-order valence-corrected chi connectivity index (χ4v) is 4.07. The van der Waals surface area contributed by atoms with E-state index in [1.165, 1.54) is 24.9 Å². The number of carbonyl (C=O) groups excluding carboxylic acids is 1. The maximum atomic E-state index is 13.2. The van der Waals surface area contributed by atoms with Gasteiger partial charge in [-0.15, -0.1) is 0 Å². The van der Waals surface area contributed by atoms with Crippen LogP contribution in [0.4, 0.5) is 4.79 Å². The lowest BCUT2D eigenvalue weighted by atomic mass is 9.76. The molecule has 1 unspecified atom stereocenters. The average molecular weight is 427 g/mol. The molecular weight excluding hydrogens is 392 g/mol. The summed E-state index contributed by atoms with van der Waals surface area (Å²) in [5.74, 6) is -1.14. The maximum absolute atomic E-state index is 13.2. The summed E-state index contributed by atoms with van der Waals surface area (Å²) in [6.07, 6.45) is 4.13. The molecule has 0 saturated heterocycles. The second kappa shape index (κ2) is 12.1. The normalized spacial score (nSPS) is 12.2. The molecule has 0 saturated carbocycles. The number of likely N-dealkylation sites (N-methyl/N-ethyl adjacent to an activating group) is 1. The predicted octanol–water partition coefficient (Wildman–Crippen LogP) is 4.64. The topological polar surface area (TPSA) is 78.9 Å². The van der Waals surface area contributed by atoms with Crippen molar-refractivity contribution in [2.24, 2.45) is 0 Å². The molecule has 0 heterocycles. The molecule has 0 fully saturated rings. The molecule has 0 spiro atoms. The molecule has 6 heteroatoms. The van der Waals surface area contributed by atoms with Gasteiger partial charge in [0.2, 0.25) is 0 Å². The first kappa shape index (κ1) is 24.4. The van der Waals surface area contributed by atoms with E-state index < -0.39 is 17.6 Å². The summed E-state index contributed by atoms with van der Waals surface area (Å²) in [7, 11) is 2.99. The lowest BCUT2D eigenvalue weighted by molar-refractivity contribution is -0.156. The molecular formula is C25H34N2O4. The first-order valence-electron chi connectivity index (χ1n) is 10.9. The summed E-state index contributed by atoms with van der Waals surface area (Å²) in [5.41, 5.74) is -0.0258. The third-order valence-corrected chi connectivity index (χ3v) is 5.66. The Hall–Kier alpha value is -2.86. The minimum Gasteiger partial charge on any atom is -0.479 e. The zero-order chi connectivity index (χ0) is 22.7. The second-order valence-electron chi connectivity index (χ2n) is 7.66. The Morgan fingerprint density at radius 1 is 0.968 bits per heavy atom. The molecule has 0 radical (unpaired) electrons. The summed E-state index contributed by atoms with van der Waals surface area (Å²) >= 11 is 0. The molecule has 0 aliphatic heterocycles. The van der Waals surface area contributed by atoms with Gasteiger partial charge in [0.25, 0.3) is 0 Å². The fraction of sp³-hybridized carbons (Fsp3) is 0.440. The number of nitrogens with one attached hydrogen (secondary N) is 1. The van der Waals surface area contributed by atoms with Gasteiger partial charge in [-0.1, -0.05) is 93.3 Å². The molecule has 0 aromatic heterocycles. The van der Waals surface area contributed by atoms with Crippen molar-refractivity contribution < 1.29 is 19.4 Å². The molecule has 31 heavy (non-hydrogen) atoms. The zero-order valence-corrected chi connectivity index (χ0v) is 18.7. The highest BCUT2D eigenvalue weighted by Crippen LogP contribution is 2.40. The van der Waals surface area contributed by atoms with Crippen molar-refractivity contribution >= 4 is 12.0 Å². The largest absolute Gasteiger partial charge is 0.479 e. The van der Waals surface area contributed by atoms with E-state index >= 15 is 0 Å². The van der Waals surface area contributed by atoms with Crippen molar-refractivity contribution in [2.75, 3.05) is 20.7 Å². The number of methoxy groups -OCH3 is 1. The summed E-state index contributed by atoms with van der Waals surface area (Å²) in [5, 5.41) is 13.0. The number of benzene rings is 2. The number of nitrogens with zero attached hydrogens (tertiary/aromatic N) is 1. The first-order chi connectivity index (χ1) is 15.0. The fourth-order valence-electron chi connectivity index (χ4n) is 4.07. The van der Waals surface area contributed by atoms with E-state index in [-0.39, 0.29) is 6.03 Å². The Labute approximate surface area is 185 Å². The van der Waals surface area contributed by atoms with Gasteiger partial charge in [0, 0.05) is 20.7 Å². The van der Waals surface area contributed by atoms with E-state index in [2.05, 4.69) is 12.2 Å². The van der Waals surface area contributed by atoms with Crippen molar-refractivity contribution in [2.45, 2.75) is 50.7 Å². The number of carbonyl (C=O) groups is 2. The van der Waals surface area contributed by atoms with Gasteiger partial charge in [-0.05, 0) is 17.5 Å². The molecule has 2 amide bonds. The first-order valence-corrected chi connectivity index (χ1v) is 10.9. The van der Waals surface area contributed by atoms with Crippen LogP contribution in [0, 0.1) is 0 Å². The number of hydrogen-bond acceptors (Lipinski definition) is 3. The molecule has 168 valence electrons. The van der Waals surface area contributed by atoms with Crippen LogP contribution in [-0.4, -0.2) is 48.8 Å². The number of ether oxygens (including phenoxy) is 1. The number of aliphatic carboxylic acids is 1. The minimum absolute atomic E-state index is 0.341. The third-order valence-electron chi connectivity index (χ3n) is 5.66. The molecule has 2 aromatic rings. The van der Waals surface area contributed by atoms with E-state index in [0.717, 1.165) is 19.3 Å². The number of amides is 2.